The molecule has 0 aliphatic rings. The molecule has 1 amide bonds. The molecule has 12 heteroatoms. The first-order valence-corrected chi connectivity index (χ1v) is 11.8. The molecule has 0 saturated carbocycles. The van der Waals surface area contributed by atoms with Crippen LogP contribution in [0.5, 0.6) is 5.75 Å². The number of carboxylic acid groups (broad SMARTS) is 1. The third kappa shape index (κ3) is 7.04. The van der Waals surface area contributed by atoms with E-state index in [2.05, 4.69) is 15.4 Å². The van der Waals surface area contributed by atoms with Crippen molar-refractivity contribution < 1.29 is 19.4 Å². The van der Waals surface area contributed by atoms with Gasteiger partial charge in [0.05, 0.1) is 5.56 Å². The van der Waals surface area contributed by atoms with Crippen molar-refractivity contribution in [3.05, 3.63) is 81.9 Å². The van der Waals surface area contributed by atoms with Gasteiger partial charge in [-0.05, 0) is 67.1 Å². The lowest BCUT2D eigenvalue weighted by Gasteiger charge is -2.18. The second-order valence-electron chi connectivity index (χ2n) is 7.67. The van der Waals surface area contributed by atoms with E-state index in [9.17, 15) is 9.59 Å². The monoisotopic (exact) mass is 528 g/mol. The van der Waals surface area contributed by atoms with Gasteiger partial charge in [-0.1, -0.05) is 11.6 Å². The molecule has 0 bridgehead atoms. The zero-order valence-electron chi connectivity index (χ0n) is 19.2. The molecular weight excluding hydrogens is 504 g/mol. The number of aryl methyl sites for hydroxylation is 1. The first-order valence-electron chi connectivity index (χ1n) is 10.6. The number of nitrogens with one attached hydrogen (secondary N) is 4. The summed E-state index contributed by atoms with van der Waals surface area (Å²) in [5, 5.41) is 28.4. The Balaban J connectivity index is 1.85. The molecule has 0 aromatic heterocycles. The molecule has 0 fully saturated rings. The van der Waals surface area contributed by atoms with Crippen LogP contribution < -0.4 is 31.0 Å². The summed E-state index contributed by atoms with van der Waals surface area (Å²) in [6.07, 6.45) is 0. The van der Waals surface area contributed by atoms with Crippen molar-refractivity contribution in [2.45, 2.75) is 13.5 Å². The number of anilines is 3. The van der Waals surface area contributed by atoms with Crippen molar-refractivity contribution in [2.24, 2.45) is 10.9 Å². The lowest BCUT2D eigenvalue weighted by atomic mass is 10.1. The third-order valence-electron chi connectivity index (χ3n) is 5.02. The molecule has 3 rings (SSSR count). The molecule has 0 radical (unpaired) electrons. The molecule has 0 aliphatic carbocycles. The number of carbonyl (C=O) groups is 2. The molecule has 0 atom stereocenters. The van der Waals surface area contributed by atoms with Gasteiger partial charge in [0.15, 0.2) is 6.61 Å². The minimum atomic E-state index is -1.10. The standard InChI is InChI=1S/C24H25ClN6O4S/c1-13-8-18(31-36-28)9-15(22(13)35-12-21(32)33)11-29-20-7-4-16(25)10-19(20)24(34)30-17-5-2-14(3-6-17)23(26)27/h2-10,29,31H,11-12,28H2,1H3,(H3,26,27)(H,30,34)(H,32,33). The molecule has 0 saturated heterocycles. The van der Waals surface area contributed by atoms with E-state index >= 15 is 0 Å². The first kappa shape index (κ1) is 26.7. The highest BCUT2D eigenvalue weighted by Crippen LogP contribution is 2.30. The second kappa shape index (κ2) is 12.2. The highest BCUT2D eigenvalue weighted by molar-refractivity contribution is 7.98. The van der Waals surface area contributed by atoms with Gasteiger partial charge in [-0.3, -0.25) is 15.3 Å². The smallest absolute Gasteiger partial charge is 0.341 e. The summed E-state index contributed by atoms with van der Waals surface area (Å²) < 4.78 is 8.47. The number of rotatable bonds is 11. The number of halogens is 1. The second-order valence-corrected chi connectivity index (χ2v) is 8.55. The summed E-state index contributed by atoms with van der Waals surface area (Å²) in [6, 6.07) is 15.0. The van der Waals surface area contributed by atoms with Crippen LogP contribution >= 0.6 is 23.7 Å². The summed E-state index contributed by atoms with van der Waals surface area (Å²) in [7, 11) is 0. The van der Waals surface area contributed by atoms with Gasteiger partial charge in [0.2, 0.25) is 0 Å². The van der Waals surface area contributed by atoms with Gasteiger partial charge in [-0.25, -0.2) is 4.79 Å². The predicted molar refractivity (Wildman–Crippen MR) is 144 cm³/mol. The lowest BCUT2D eigenvalue weighted by Crippen LogP contribution is -2.16. The molecular formula is C24H25ClN6O4S. The predicted octanol–water partition coefficient (Wildman–Crippen LogP) is 4.19. The fourth-order valence-corrected chi connectivity index (χ4v) is 3.85. The Hall–Kier alpha value is -3.93. The Morgan fingerprint density at radius 2 is 1.83 bits per heavy atom. The van der Waals surface area contributed by atoms with Gasteiger partial charge in [0.1, 0.15) is 11.6 Å². The largest absolute Gasteiger partial charge is 0.481 e. The van der Waals surface area contributed by atoms with E-state index in [-0.39, 0.29) is 12.4 Å². The number of aliphatic carboxylic acids is 1. The van der Waals surface area contributed by atoms with Gasteiger partial charge in [0.25, 0.3) is 5.91 Å². The van der Waals surface area contributed by atoms with Crippen LogP contribution in [0.15, 0.2) is 54.6 Å². The fourth-order valence-electron chi connectivity index (χ4n) is 3.43. The lowest BCUT2D eigenvalue weighted by molar-refractivity contribution is -0.139. The fraction of sp³-hybridized carbons (Fsp3) is 0.125. The summed E-state index contributed by atoms with van der Waals surface area (Å²) in [5.41, 5.74) is 9.44. The summed E-state index contributed by atoms with van der Waals surface area (Å²) in [4.78, 5) is 24.1. The number of benzene rings is 3. The highest BCUT2D eigenvalue weighted by Gasteiger charge is 2.16. The van der Waals surface area contributed by atoms with Gasteiger partial charge in [-0.15, -0.1) is 0 Å². The molecule has 0 unspecified atom stereocenters. The number of carboxylic acids is 1. The molecule has 10 nitrogen and oxygen atoms in total. The van der Waals surface area contributed by atoms with Crippen LogP contribution in [0, 0.1) is 12.3 Å². The average molecular weight is 529 g/mol. The number of nitrogens with two attached hydrogens (primary N) is 2. The zero-order valence-corrected chi connectivity index (χ0v) is 20.8. The van der Waals surface area contributed by atoms with Gasteiger partial charge >= 0.3 is 5.97 Å². The Bertz CT molecular complexity index is 1290. The number of nitrogen functional groups attached to an aromatic ring is 1. The maximum Gasteiger partial charge on any atom is 0.341 e. The molecule has 0 aliphatic heterocycles. The Labute approximate surface area is 217 Å². The molecule has 0 spiro atoms. The van der Waals surface area contributed by atoms with E-state index in [4.69, 9.17) is 37.7 Å². The van der Waals surface area contributed by atoms with E-state index < -0.39 is 18.5 Å². The number of hydrogen-bond donors (Lipinski definition) is 7. The van der Waals surface area contributed by atoms with Crippen LogP contribution in [0.1, 0.15) is 27.0 Å². The van der Waals surface area contributed by atoms with Crippen LogP contribution in [0.25, 0.3) is 0 Å². The van der Waals surface area contributed by atoms with Crippen LogP contribution in [0.4, 0.5) is 17.1 Å². The van der Waals surface area contributed by atoms with E-state index in [1.54, 1.807) is 61.5 Å². The molecule has 9 N–H and O–H groups in total. The van der Waals surface area contributed by atoms with Gasteiger partial charge in [-0.2, -0.15) is 0 Å². The van der Waals surface area contributed by atoms with Crippen LogP contribution in [-0.2, 0) is 11.3 Å². The van der Waals surface area contributed by atoms with Crippen molar-refractivity contribution in [1.82, 2.24) is 0 Å². The molecule has 0 heterocycles. The van der Waals surface area contributed by atoms with Crippen molar-refractivity contribution in [3.8, 4) is 5.75 Å². The van der Waals surface area contributed by atoms with E-state index in [0.29, 0.717) is 44.5 Å². The van der Waals surface area contributed by atoms with Gasteiger partial charge in [0, 0.05) is 51.9 Å². The Morgan fingerprint density at radius 1 is 1.11 bits per heavy atom. The van der Waals surface area contributed by atoms with E-state index in [1.807, 2.05) is 0 Å². The van der Waals surface area contributed by atoms with E-state index in [0.717, 1.165) is 17.7 Å². The highest BCUT2D eigenvalue weighted by atomic mass is 35.5. The van der Waals surface area contributed by atoms with Gasteiger partial charge < -0.3 is 30.9 Å². The summed E-state index contributed by atoms with van der Waals surface area (Å²) in [5.74, 6) is -1.14. The Morgan fingerprint density at radius 3 is 2.47 bits per heavy atom. The van der Waals surface area contributed by atoms with Crippen LogP contribution in [0.2, 0.25) is 5.02 Å². The maximum absolute atomic E-state index is 13.1. The number of amidine groups is 1. The minimum Gasteiger partial charge on any atom is -0.481 e. The maximum atomic E-state index is 13.1. The topological polar surface area (TPSA) is 176 Å². The third-order valence-corrected chi connectivity index (χ3v) is 5.61. The minimum absolute atomic E-state index is 0.0690. The quantitative estimate of drug-likeness (QED) is 0.109. The Kier molecular flexibility index (Phi) is 9.01. The molecule has 36 heavy (non-hydrogen) atoms. The number of ether oxygens (including phenoxy) is 1. The SMILES string of the molecule is Cc1cc(NSN)cc(CNc2ccc(Cl)cc2C(=O)Nc2ccc(C(=N)N)cc2)c1OCC(=O)O. The number of carbonyl (C=O) groups excluding carboxylic acids is 1. The molecule has 188 valence electrons. The first-order chi connectivity index (χ1) is 17.2. The van der Waals surface area contributed by atoms with Crippen molar-refractivity contribution >= 4 is 58.5 Å². The van der Waals surface area contributed by atoms with E-state index in [1.165, 1.54) is 0 Å². The summed E-state index contributed by atoms with van der Waals surface area (Å²) >= 11 is 7.10. The van der Waals surface area contributed by atoms with Crippen molar-refractivity contribution in [3.63, 3.8) is 0 Å². The van der Waals surface area contributed by atoms with Crippen LogP contribution in [-0.4, -0.2) is 29.4 Å². The van der Waals surface area contributed by atoms with Crippen molar-refractivity contribution in [2.75, 3.05) is 22.0 Å². The summed E-state index contributed by atoms with van der Waals surface area (Å²) in [6.45, 7) is 1.52. The zero-order chi connectivity index (χ0) is 26.2. The van der Waals surface area contributed by atoms with Crippen molar-refractivity contribution in [1.29, 1.82) is 5.41 Å². The number of hydrogen-bond acceptors (Lipinski definition) is 8. The van der Waals surface area contributed by atoms with Crippen LogP contribution in [0.3, 0.4) is 0 Å². The average Bonchev–Trinajstić information content (AvgIpc) is 2.83. The number of amides is 1. The normalized spacial score (nSPS) is 10.4. The molecule has 3 aromatic carbocycles. The molecule has 3 aromatic rings.